The standard InChI is InChI=1S/C57H35N5O/c1-3-15-36(16-4-1)38-29-31-39(32-30-38)55-58-56(60-57(59-55)62-49-27-11-7-21-42(49)43-22-8-12-28-50(43)62)47-25-14-24-46-52-51(63-54(46)47)34-33-45-44-23-9-10-26-48(44)61(53(45)52)41-20-13-19-40(35-41)37-17-5-2-6-18-37/h1-35H. The van der Waals surface area contributed by atoms with Gasteiger partial charge in [-0.3, -0.25) is 4.57 Å². The van der Waals surface area contributed by atoms with Gasteiger partial charge in [-0.25, -0.2) is 4.98 Å². The van der Waals surface area contributed by atoms with E-state index in [-0.39, 0.29) is 0 Å². The summed E-state index contributed by atoms with van der Waals surface area (Å²) in [4.78, 5) is 15.8. The van der Waals surface area contributed by atoms with E-state index in [0.717, 1.165) is 93.7 Å². The van der Waals surface area contributed by atoms with Gasteiger partial charge in [-0.15, -0.1) is 0 Å². The first-order valence-corrected chi connectivity index (χ1v) is 21.2. The van der Waals surface area contributed by atoms with Crippen LogP contribution < -0.4 is 0 Å². The average molecular weight is 806 g/mol. The summed E-state index contributed by atoms with van der Waals surface area (Å²) in [5, 5.41) is 6.64. The van der Waals surface area contributed by atoms with Gasteiger partial charge in [0.25, 0.3) is 0 Å². The van der Waals surface area contributed by atoms with Crippen molar-refractivity contribution in [2.24, 2.45) is 0 Å². The van der Waals surface area contributed by atoms with Gasteiger partial charge in [0.1, 0.15) is 11.2 Å². The van der Waals surface area contributed by atoms with Gasteiger partial charge in [0.15, 0.2) is 11.6 Å². The molecule has 0 saturated carbocycles. The lowest BCUT2D eigenvalue weighted by Crippen LogP contribution is -2.06. The van der Waals surface area contributed by atoms with Gasteiger partial charge in [0.05, 0.1) is 33.0 Å². The largest absolute Gasteiger partial charge is 0.455 e. The average Bonchev–Trinajstić information content (AvgIpc) is 4.02. The summed E-state index contributed by atoms with van der Waals surface area (Å²) in [5.74, 6) is 1.64. The summed E-state index contributed by atoms with van der Waals surface area (Å²) in [6.07, 6.45) is 0. The zero-order valence-electron chi connectivity index (χ0n) is 33.9. The van der Waals surface area contributed by atoms with Crippen molar-refractivity contribution in [1.82, 2.24) is 24.1 Å². The summed E-state index contributed by atoms with van der Waals surface area (Å²) in [6, 6.07) is 74.4. The molecule has 0 atom stereocenters. The molecule has 0 N–H and O–H groups in total. The fourth-order valence-corrected chi connectivity index (χ4v) is 9.53. The van der Waals surface area contributed by atoms with E-state index in [1.165, 1.54) is 10.9 Å². The minimum atomic E-state index is 0.529. The molecule has 0 radical (unpaired) electrons. The number of nitrogens with zero attached hydrogens (tertiary/aromatic N) is 5. The Morgan fingerprint density at radius 1 is 0.349 bits per heavy atom. The lowest BCUT2D eigenvalue weighted by Gasteiger charge is -2.12. The maximum Gasteiger partial charge on any atom is 0.238 e. The Balaban J connectivity index is 1.06. The third-order valence-corrected chi connectivity index (χ3v) is 12.4. The second-order valence-electron chi connectivity index (χ2n) is 16.0. The van der Waals surface area contributed by atoms with Crippen LogP contribution >= 0.6 is 0 Å². The van der Waals surface area contributed by atoms with Gasteiger partial charge in [0.2, 0.25) is 5.95 Å². The predicted octanol–water partition coefficient (Wildman–Crippen LogP) is 14.6. The molecule has 294 valence electrons. The van der Waals surface area contributed by atoms with E-state index in [9.17, 15) is 0 Å². The molecule has 0 fully saturated rings. The Labute approximate surface area is 361 Å². The number of para-hydroxylation sites is 4. The quantitative estimate of drug-likeness (QED) is 0.168. The highest BCUT2D eigenvalue weighted by atomic mass is 16.3. The van der Waals surface area contributed by atoms with Crippen LogP contribution in [-0.2, 0) is 0 Å². The van der Waals surface area contributed by atoms with Crippen LogP contribution in [-0.4, -0.2) is 24.1 Å². The van der Waals surface area contributed by atoms with Crippen LogP contribution in [0.2, 0.25) is 0 Å². The van der Waals surface area contributed by atoms with Crippen molar-refractivity contribution >= 4 is 65.6 Å². The highest BCUT2D eigenvalue weighted by Crippen LogP contribution is 2.43. The number of furan rings is 1. The third kappa shape index (κ3) is 5.55. The van der Waals surface area contributed by atoms with E-state index in [4.69, 9.17) is 19.4 Å². The fraction of sp³-hybridized carbons (Fsp3) is 0. The Kier molecular flexibility index (Phi) is 7.80. The zero-order chi connectivity index (χ0) is 41.4. The molecule has 63 heavy (non-hydrogen) atoms. The van der Waals surface area contributed by atoms with Gasteiger partial charge in [-0.05, 0) is 70.8 Å². The topological polar surface area (TPSA) is 61.7 Å². The molecule has 0 amide bonds. The number of hydrogen-bond donors (Lipinski definition) is 0. The van der Waals surface area contributed by atoms with Crippen LogP contribution in [0.1, 0.15) is 0 Å². The zero-order valence-corrected chi connectivity index (χ0v) is 33.9. The van der Waals surface area contributed by atoms with Crippen LogP contribution in [0.25, 0.3) is 122 Å². The molecule has 0 saturated heterocycles. The summed E-state index contributed by atoms with van der Waals surface area (Å²) in [7, 11) is 0. The Bertz CT molecular complexity index is 3850. The second-order valence-corrected chi connectivity index (χ2v) is 16.0. The molecule has 13 aromatic rings. The Hall–Kier alpha value is -8.61. The predicted molar refractivity (Wildman–Crippen MR) is 258 cm³/mol. The van der Waals surface area contributed by atoms with Gasteiger partial charge < -0.3 is 8.98 Å². The van der Waals surface area contributed by atoms with Crippen molar-refractivity contribution < 1.29 is 4.42 Å². The van der Waals surface area contributed by atoms with Crippen molar-refractivity contribution in [3.63, 3.8) is 0 Å². The van der Waals surface area contributed by atoms with Crippen LogP contribution in [0, 0.1) is 0 Å². The van der Waals surface area contributed by atoms with Crippen molar-refractivity contribution in [3.05, 3.63) is 212 Å². The summed E-state index contributed by atoms with van der Waals surface area (Å²) in [6.45, 7) is 0. The van der Waals surface area contributed by atoms with Crippen LogP contribution in [0.5, 0.6) is 0 Å². The molecule has 0 unspecified atom stereocenters. The van der Waals surface area contributed by atoms with Gasteiger partial charge in [0, 0.05) is 38.2 Å². The second kappa shape index (κ2) is 14.0. The Morgan fingerprint density at radius 2 is 0.873 bits per heavy atom. The molecule has 9 aromatic carbocycles. The third-order valence-electron chi connectivity index (χ3n) is 12.4. The first-order valence-electron chi connectivity index (χ1n) is 21.2. The van der Waals surface area contributed by atoms with E-state index in [2.05, 4.69) is 215 Å². The van der Waals surface area contributed by atoms with Crippen molar-refractivity contribution in [3.8, 4) is 56.7 Å². The van der Waals surface area contributed by atoms with Crippen molar-refractivity contribution in [2.45, 2.75) is 0 Å². The van der Waals surface area contributed by atoms with Gasteiger partial charge in [-0.1, -0.05) is 164 Å². The SMILES string of the molecule is c1ccc(-c2ccc(-c3nc(-c4cccc5c4oc4ccc6c7ccccc7n(-c7cccc(-c8ccccc8)c7)c6c45)nc(-n4c5ccccc5c5ccccc54)n3)cc2)cc1. The molecule has 0 aliphatic heterocycles. The van der Waals surface area contributed by atoms with Crippen LogP contribution in [0.4, 0.5) is 0 Å². The molecular formula is C57H35N5O. The minimum Gasteiger partial charge on any atom is -0.455 e. The number of hydrogen-bond acceptors (Lipinski definition) is 4. The van der Waals surface area contributed by atoms with E-state index in [1.54, 1.807) is 0 Å². The minimum absolute atomic E-state index is 0.529. The molecule has 4 aromatic heterocycles. The number of benzene rings is 9. The molecule has 6 nitrogen and oxygen atoms in total. The maximum atomic E-state index is 6.99. The molecule has 0 aliphatic carbocycles. The summed E-state index contributed by atoms with van der Waals surface area (Å²) < 4.78 is 11.5. The molecule has 13 rings (SSSR count). The van der Waals surface area contributed by atoms with Crippen molar-refractivity contribution in [2.75, 3.05) is 0 Å². The highest BCUT2D eigenvalue weighted by molar-refractivity contribution is 6.25. The maximum absolute atomic E-state index is 6.99. The van der Waals surface area contributed by atoms with Crippen molar-refractivity contribution in [1.29, 1.82) is 0 Å². The first-order chi connectivity index (χ1) is 31.2. The molecule has 0 spiro atoms. The Morgan fingerprint density at radius 3 is 1.57 bits per heavy atom. The van der Waals surface area contributed by atoms with E-state index >= 15 is 0 Å². The van der Waals surface area contributed by atoms with E-state index in [1.807, 2.05) is 6.07 Å². The lowest BCUT2D eigenvalue weighted by atomic mass is 10.0. The van der Waals surface area contributed by atoms with Crippen LogP contribution in [0.3, 0.4) is 0 Å². The molecule has 0 bridgehead atoms. The van der Waals surface area contributed by atoms with E-state index < -0.39 is 0 Å². The van der Waals surface area contributed by atoms with E-state index in [0.29, 0.717) is 17.6 Å². The monoisotopic (exact) mass is 805 g/mol. The normalized spacial score (nSPS) is 11.8. The lowest BCUT2D eigenvalue weighted by molar-refractivity contribution is 0.669. The van der Waals surface area contributed by atoms with Gasteiger partial charge >= 0.3 is 0 Å². The number of fused-ring (bicyclic) bond motifs is 10. The highest BCUT2D eigenvalue weighted by Gasteiger charge is 2.23. The fourth-order valence-electron chi connectivity index (χ4n) is 9.53. The van der Waals surface area contributed by atoms with Gasteiger partial charge in [-0.2, -0.15) is 9.97 Å². The number of aromatic nitrogens is 5. The van der Waals surface area contributed by atoms with Crippen LogP contribution in [0.15, 0.2) is 217 Å². The molecule has 4 heterocycles. The smallest absolute Gasteiger partial charge is 0.238 e. The molecule has 0 aliphatic rings. The molecular weight excluding hydrogens is 771 g/mol. The number of rotatable bonds is 6. The first kappa shape index (κ1) is 35.2. The summed E-state index contributed by atoms with van der Waals surface area (Å²) in [5.41, 5.74) is 13.2. The molecule has 6 heteroatoms. The summed E-state index contributed by atoms with van der Waals surface area (Å²) >= 11 is 0.